The highest BCUT2D eigenvalue weighted by Crippen LogP contribution is 1.97. The van der Waals surface area contributed by atoms with Gasteiger partial charge in [-0.2, -0.15) is 0 Å². The molecule has 17 heavy (non-hydrogen) atoms. The standard InChI is InChI=1S/C13H25N3O/c1-3-6-14-7-5-13-11-16(12-15-13)8-10-17-9-4-2/h11-12,14H,3-10H2,1-2H3. The summed E-state index contributed by atoms with van der Waals surface area (Å²) in [7, 11) is 0. The lowest BCUT2D eigenvalue weighted by molar-refractivity contribution is 0.127. The maximum Gasteiger partial charge on any atom is 0.0950 e. The Bertz CT molecular complexity index is 259. The van der Waals surface area contributed by atoms with Crippen LogP contribution in [-0.4, -0.2) is 35.9 Å². The topological polar surface area (TPSA) is 39.1 Å². The van der Waals surface area contributed by atoms with Gasteiger partial charge in [0.05, 0.1) is 18.6 Å². The highest BCUT2D eigenvalue weighted by molar-refractivity contribution is 4.97. The minimum atomic E-state index is 0.776. The van der Waals surface area contributed by atoms with Crippen LogP contribution in [0.1, 0.15) is 32.4 Å². The Kier molecular flexibility index (Phi) is 7.67. The molecule has 1 aromatic heterocycles. The molecule has 4 nitrogen and oxygen atoms in total. The summed E-state index contributed by atoms with van der Waals surface area (Å²) in [6.45, 7) is 8.93. The van der Waals surface area contributed by atoms with Crippen molar-refractivity contribution in [1.29, 1.82) is 0 Å². The first kappa shape index (κ1) is 14.2. The molecule has 98 valence electrons. The van der Waals surface area contributed by atoms with Gasteiger partial charge in [-0.25, -0.2) is 4.98 Å². The molecule has 1 N–H and O–H groups in total. The number of hydrogen-bond donors (Lipinski definition) is 1. The number of aromatic nitrogens is 2. The maximum atomic E-state index is 5.45. The van der Waals surface area contributed by atoms with Gasteiger partial charge < -0.3 is 14.6 Å². The second-order valence-electron chi connectivity index (χ2n) is 4.22. The summed E-state index contributed by atoms with van der Waals surface area (Å²) < 4.78 is 7.55. The lowest BCUT2D eigenvalue weighted by atomic mass is 10.3. The Labute approximate surface area is 104 Å². The molecule has 0 spiro atoms. The molecule has 0 radical (unpaired) electrons. The highest BCUT2D eigenvalue weighted by Gasteiger charge is 1.98. The second-order valence-corrected chi connectivity index (χ2v) is 4.22. The molecule has 1 rings (SSSR count). The molecule has 0 aromatic carbocycles. The first-order valence-electron chi connectivity index (χ1n) is 6.66. The van der Waals surface area contributed by atoms with E-state index >= 15 is 0 Å². The lowest BCUT2D eigenvalue weighted by Gasteiger charge is -2.03. The predicted octanol–water partition coefficient (Wildman–Crippen LogP) is 1.85. The highest BCUT2D eigenvalue weighted by atomic mass is 16.5. The van der Waals surface area contributed by atoms with Gasteiger partial charge in [-0.3, -0.25) is 0 Å². The zero-order valence-electron chi connectivity index (χ0n) is 11.1. The van der Waals surface area contributed by atoms with Gasteiger partial charge in [0.25, 0.3) is 0 Å². The van der Waals surface area contributed by atoms with Gasteiger partial charge in [-0.05, 0) is 19.4 Å². The van der Waals surface area contributed by atoms with E-state index in [1.54, 1.807) is 0 Å². The third kappa shape index (κ3) is 6.44. The van der Waals surface area contributed by atoms with Crippen molar-refractivity contribution in [3.63, 3.8) is 0 Å². The molecule has 0 unspecified atom stereocenters. The van der Waals surface area contributed by atoms with Crippen LogP contribution in [0.25, 0.3) is 0 Å². The molecule has 0 atom stereocenters. The quantitative estimate of drug-likeness (QED) is 0.633. The van der Waals surface area contributed by atoms with Crippen LogP contribution in [0.15, 0.2) is 12.5 Å². The van der Waals surface area contributed by atoms with Gasteiger partial charge in [0.1, 0.15) is 0 Å². The molecule has 0 saturated carbocycles. The number of hydrogen-bond acceptors (Lipinski definition) is 3. The van der Waals surface area contributed by atoms with Crippen LogP contribution in [0.2, 0.25) is 0 Å². The molecule has 0 aliphatic heterocycles. The van der Waals surface area contributed by atoms with Crippen molar-refractivity contribution in [3.8, 4) is 0 Å². The third-order valence-corrected chi connectivity index (χ3v) is 2.51. The first-order chi connectivity index (χ1) is 8.36. The minimum absolute atomic E-state index is 0.776. The zero-order valence-corrected chi connectivity index (χ0v) is 11.1. The summed E-state index contributed by atoms with van der Waals surface area (Å²) in [6, 6.07) is 0. The van der Waals surface area contributed by atoms with Crippen molar-refractivity contribution < 1.29 is 4.74 Å². The Morgan fingerprint density at radius 3 is 2.88 bits per heavy atom. The van der Waals surface area contributed by atoms with Crippen molar-refractivity contribution in [1.82, 2.24) is 14.9 Å². The summed E-state index contributed by atoms with van der Waals surface area (Å²) in [5.74, 6) is 0. The van der Waals surface area contributed by atoms with E-state index in [9.17, 15) is 0 Å². The Morgan fingerprint density at radius 2 is 2.12 bits per heavy atom. The van der Waals surface area contributed by atoms with Gasteiger partial charge in [-0.15, -0.1) is 0 Å². The van der Waals surface area contributed by atoms with Gasteiger partial charge >= 0.3 is 0 Å². The van der Waals surface area contributed by atoms with Crippen LogP contribution in [-0.2, 0) is 17.7 Å². The maximum absolute atomic E-state index is 5.45. The van der Waals surface area contributed by atoms with E-state index < -0.39 is 0 Å². The smallest absolute Gasteiger partial charge is 0.0950 e. The SMILES string of the molecule is CCCNCCc1cn(CCOCCC)cn1. The molecule has 0 bridgehead atoms. The fraction of sp³-hybridized carbons (Fsp3) is 0.769. The molecule has 0 fully saturated rings. The van der Waals surface area contributed by atoms with E-state index in [1.807, 2.05) is 6.33 Å². The molecule has 1 heterocycles. The molecule has 0 aliphatic rings. The van der Waals surface area contributed by atoms with Crippen LogP contribution in [0.4, 0.5) is 0 Å². The monoisotopic (exact) mass is 239 g/mol. The Morgan fingerprint density at radius 1 is 1.24 bits per heavy atom. The summed E-state index contributed by atoms with van der Waals surface area (Å²) in [4.78, 5) is 4.38. The average molecular weight is 239 g/mol. The van der Waals surface area contributed by atoms with Crippen LogP contribution in [0.5, 0.6) is 0 Å². The van der Waals surface area contributed by atoms with Crippen molar-refractivity contribution in [2.45, 2.75) is 39.7 Å². The summed E-state index contributed by atoms with van der Waals surface area (Å²) in [6.07, 6.45) is 7.28. The van der Waals surface area contributed by atoms with Crippen LogP contribution >= 0.6 is 0 Å². The summed E-state index contributed by atoms with van der Waals surface area (Å²) in [5.41, 5.74) is 1.16. The van der Waals surface area contributed by atoms with E-state index in [-0.39, 0.29) is 0 Å². The summed E-state index contributed by atoms with van der Waals surface area (Å²) >= 11 is 0. The molecule has 0 amide bonds. The van der Waals surface area contributed by atoms with Crippen molar-refractivity contribution in [3.05, 3.63) is 18.2 Å². The number of nitrogens with zero attached hydrogens (tertiary/aromatic N) is 2. The first-order valence-corrected chi connectivity index (χ1v) is 6.66. The molecule has 0 aliphatic carbocycles. The van der Waals surface area contributed by atoms with Gasteiger partial charge in [0, 0.05) is 32.3 Å². The van der Waals surface area contributed by atoms with Gasteiger partial charge in [-0.1, -0.05) is 13.8 Å². The van der Waals surface area contributed by atoms with Crippen molar-refractivity contribution in [2.75, 3.05) is 26.3 Å². The second kappa shape index (κ2) is 9.19. The Balaban J connectivity index is 2.14. The lowest BCUT2D eigenvalue weighted by Crippen LogP contribution is -2.17. The number of nitrogens with one attached hydrogen (secondary N) is 1. The van der Waals surface area contributed by atoms with E-state index in [4.69, 9.17) is 4.74 Å². The van der Waals surface area contributed by atoms with Crippen molar-refractivity contribution in [2.24, 2.45) is 0 Å². The molecular weight excluding hydrogens is 214 g/mol. The zero-order chi connectivity index (χ0) is 12.3. The van der Waals surface area contributed by atoms with Crippen molar-refractivity contribution >= 4 is 0 Å². The number of ether oxygens (including phenoxy) is 1. The molecule has 4 heteroatoms. The van der Waals surface area contributed by atoms with E-state index in [0.717, 1.165) is 51.4 Å². The molecular formula is C13H25N3O. The van der Waals surface area contributed by atoms with Crippen LogP contribution in [0, 0.1) is 0 Å². The Hall–Kier alpha value is -0.870. The van der Waals surface area contributed by atoms with E-state index in [2.05, 4.69) is 34.9 Å². The average Bonchev–Trinajstić information content (AvgIpc) is 2.78. The van der Waals surface area contributed by atoms with Gasteiger partial charge in [0.2, 0.25) is 0 Å². The normalized spacial score (nSPS) is 10.9. The fourth-order valence-corrected chi connectivity index (χ4v) is 1.59. The number of imidazole rings is 1. The third-order valence-electron chi connectivity index (χ3n) is 2.51. The van der Waals surface area contributed by atoms with Gasteiger partial charge in [0.15, 0.2) is 0 Å². The molecule has 1 aromatic rings. The van der Waals surface area contributed by atoms with Crippen LogP contribution in [0.3, 0.4) is 0 Å². The van der Waals surface area contributed by atoms with E-state index in [1.165, 1.54) is 6.42 Å². The fourth-order valence-electron chi connectivity index (χ4n) is 1.59. The summed E-state index contributed by atoms with van der Waals surface area (Å²) in [5, 5.41) is 3.38. The predicted molar refractivity (Wildman–Crippen MR) is 70.2 cm³/mol. The number of rotatable bonds is 10. The largest absolute Gasteiger partial charge is 0.380 e. The van der Waals surface area contributed by atoms with E-state index in [0.29, 0.717) is 0 Å². The molecule has 0 saturated heterocycles. The minimum Gasteiger partial charge on any atom is -0.380 e. The van der Waals surface area contributed by atoms with Crippen LogP contribution < -0.4 is 5.32 Å².